The Morgan fingerprint density at radius 2 is 1.90 bits per heavy atom. The zero-order valence-electron chi connectivity index (χ0n) is 18.7. The van der Waals surface area contributed by atoms with E-state index in [0.29, 0.717) is 16.6 Å². The molecule has 30 heavy (non-hydrogen) atoms. The van der Waals surface area contributed by atoms with E-state index in [1.165, 1.54) is 18.2 Å². The van der Waals surface area contributed by atoms with E-state index < -0.39 is 5.63 Å². The Kier molecular flexibility index (Phi) is 7.72. The van der Waals surface area contributed by atoms with E-state index in [9.17, 15) is 14.7 Å². The molecule has 1 aromatic heterocycles. The highest BCUT2D eigenvalue weighted by molar-refractivity contribution is 8.00. The summed E-state index contributed by atoms with van der Waals surface area (Å²) in [6, 6.07) is 1.67. The molecule has 3 atom stereocenters. The summed E-state index contributed by atoms with van der Waals surface area (Å²) >= 11 is 1.46. The van der Waals surface area contributed by atoms with Crippen LogP contribution in [-0.4, -0.2) is 28.9 Å². The molecule has 6 heteroatoms. The SMILES string of the molecule is CC(=O)COC1CCC(Sc2c(O)cc(C3CCCCC3)oc2=O)C(C(C)(C)C)C1. The summed E-state index contributed by atoms with van der Waals surface area (Å²) in [6.07, 6.45) is 8.20. The largest absolute Gasteiger partial charge is 0.506 e. The molecule has 3 unspecified atom stereocenters. The van der Waals surface area contributed by atoms with Crippen LogP contribution in [0.5, 0.6) is 5.75 Å². The van der Waals surface area contributed by atoms with Gasteiger partial charge in [-0.25, -0.2) is 4.79 Å². The first-order chi connectivity index (χ1) is 14.1. The molecular weight excluding hydrogens is 400 g/mol. The molecule has 3 rings (SSSR count). The first kappa shape index (κ1) is 23.4. The van der Waals surface area contributed by atoms with Crippen LogP contribution in [0.4, 0.5) is 0 Å². The number of rotatable bonds is 6. The van der Waals surface area contributed by atoms with E-state index >= 15 is 0 Å². The summed E-state index contributed by atoms with van der Waals surface area (Å²) < 4.78 is 11.5. The van der Waals surface area contributed by atoms with E-state index in [1.54, 1.807) is 13.0 Å². The quantitative estimate of drug-likeness (QED) is 0.619. The molecule has 0 bridgehead atoms. The number of ether oxygens (including phenoxy) is 1. The zero-order valence-corrected chi connectivity index (χ0v) is 19.6. The second-order valence-electron chi connectivity index (χ2n) is 10.1. The molecule has 2 fully saturated rings. The third-order valence-electron chi connectivity index (χ3n) is 6.56. The maximum atomic E-state index is 12.8. The van der Waals surface area contributed by atoms with E-state index in [-0.39, 0.29) is 40.8 Å². The van der Waals surface area contributed by atoms with Gasteiger partial charge in [0.2, 0.25) is 0 Å². The summed E-state index contributed by atoms with van der Waals surface area (Å²) in [5.74, 6) is 1.27. The van der Waals surface area contributed by atoms with Crippen molar-refractivity contribution in [3.8, 4) is 5.75 Å². The summed E-state index contributed by atoms with van der Waals surface area (Å²) in [6.45, 7) is 8.31. The topological polar surface area (TPSA) is 76.7 Å². The van der Waals surface area contributed by atoms with E-state index in [1.807, 2.05) is 0 Å². The second kappa shape index (κ2) is 9.90. The van der Waals surface area contributed by atoms with Crippen molar-refractivity contribution < 1.29 is 19.1 Å². The molecule has 0 aromatic carbocycles. The fourth-order valence-electron chi connectivity index (χ4n) is 4.88. The molecule has 0 aliphatic heterocycles. The lowest BCUT2D eigenvalue weighted by atomic mass is 9.71. The fourth-order valence-corrected chi connectivity index (χ4v) is 6.44. The van der Waals surface area contributed by atoms with Gasteiger partial charge in [-0.1, -0.05) is 40.0 Å². The number of Topliss-reactive ketones (excluding diaryl/α,β-unsaturated/α-hetero) is 1. The molecule has 0 spiro atoms. The predicted molar refractivity (Wildman–Crippen MR) is 119 cm³/mol. The van der Waals surface area contributed by atoms with Crippen LogP contribution in [0.25, 0.3) is 0 Å². The van der Waals surface area contributed by atoms with Gasteiger partial charge in [0.1, 0.15) is 23.0 Å². The van der Waals surface area contributed by atoms with E-state index in [0.717, 1.165) is 44.9 Å². The summed E-state index contributed by atoms with van der Waals surface area (Å²) in [5, 5.41) is 10.9. The normalized spacial score (nSPS) is 25.9. The Hall–Kier alpha value is -1.27. The minimum absolute atomic E-state index is 0.0216. The van der Waals surface area contributed by atoms with Crippen LogP contribution in [0.2, 0.25) is 0 Å². The number of carbonyl (C=O) groups is 1. The van der Waals surface area contributed by atoms with Crippen molar-refractivity contribution in [1.29, 1.82) is 0 Å². The van der Waals surface area contributed by atoms with Gasteiger partial charge >= 0.3 is 5.63 Å². The molecule has 2 saturated carbocycles. The molecule has 2 aliphatic rings. The highest BCUT2D eigenvalue weighted by Gasteiger charge is 2.39. The smallest absolute Gasteiger partial charge is 0.353 e. The second-order valence-corrected chi connectivity index (χ2v) is 11.3. The molecule has 5 nitrogen and oxygen atoms in total. The molecule has 168 valence electrons. The first-order valence-corrected chi connectivity index (χ1v) is 12.2. The Morgan fingerprint density at radius 1 is 1.20 bits per heavy atom. The number of hydrogen-bond acceptors (Lipinski definition) is 6. The van der Waals surface area contributed by atoms with Gasteiger partial charge in [0.25, 0.3) is 0 Å². The Labute approximate surface area is 184 Å². The third kappa shape index (κ3) is 5.91. The first-order valence-electron chi connectivity index (χ1n) is 11.3. The van der Waals surface area contributed by atoms with E-state index in [2.05, 4.69) is 20.8 Å². The fraction of sp³-hybridized carbons (Fsp3) is 0.750. The van der Waals surface area contributed by atoms with Gasteiger partial charge in [-0.05, 0) is 50.4 Å². The van der Waals surface area contributed by atoms with Gasteiger partial charge in [0.15, 0.2) is 5.78 Å². The summed E-state index contributed by atoms with van der Waals surface area (Å²) in [5.41, 5.74) is -0.392. The van der Waals surface area contributed by atoms with Crippen LogP contribution in [0.3, 0.4) is 0 Å². The van der Waals surface area contributed by atoms with Crippen LogP contribution in [-0.2, 0) is 9.53 Å². The maximum Gasteiger partial charge on any atom is 0.353 e. The molecule has 0 radical (unpaired) electrons. The van der Waals surface area contributed by atoms with Crippen molar-refractivity contribution in [2.45, 2.75) is 101 Å². The van der Waals surface area contributed by atoms with Gasteiger partial charge in [-0.15, -0.1) is 11.8 Å². The van der Waals surface area contributed by atoms with Crippen LogP contribution >= 0.6 is 11.8 Å². The van der Waals surface area contributed by atoms with Crippen molar-refractivity contribution in [2.24, 2.45) is 11.3 Å². The zero-order chi connectivity index (χ0) is 21.9. The van der Waals surface area contributed by atoms with Crippen molar-refractivity contribution in [3.05, 3.63) is 22.2 Å². The Bertz CT molecular complexity index is 788. The van der Waals surface area contributed by atoms with Crippen LogP contribution in [0.1, 0.15) is 90.7 Å². The summed E-state index contributed by atoms with van der Waals surface area (Å²) in [7, 11) is 0. The van der Waals surface area contributed by atoms with Crippen LogP contribution in [0.15, 0.2) is 20.2 Å². The van der Waals surface area contributed by atoms with Crippen molar-refractivity contribution in [3.63, 3.8) is 0 Å². The maximum absolute atomic E-state index is 12.8. The highest BCUT2D eigenvalue weighted by Crippen LogP contribution is 2.47. The highest BCUT2D eigenvalue weighted by atomic mass is 32.2. The lowest BCUT2D eigenvalue weighted by Crippen LogP contribution is -2.39. The monoisotopic (exact) mass is 436 g/mol. The third-order valence-corrected chi connectivity index (χ3v) is 8.04. The molecule has 1 heterocycles. The molecular formula is C24H36O5S. The van der Waals surface area contributed by atoms with Gasteiger partial charge in [-0.3, -0.25) is 4.79 Å². The van der Waals surface area contributed by atoms with E-state index in [4.69, 9.17) is 9.15 Å². The van der Waals surface area contributed by atoms with Crippen molar-refractivity contribution >= 4 is 17.5 Å². The molecule has 1 aromatic rings. The van der Waals surface area contributed by atoms with Gasteiger partial charge in [0, 0.05) is 17.2 Å². The molecule has 0 amide bonds. The number of carbonyl (C=O) groups excluding carboxylic acids is 1. The average molecular weight is 437 g/mol. The average Bonchev–Trinajstić information content (AvgIpc) is 2.69. The van der Waals surface area contributed by atoms with Crippen molar-refractivity contribution in [2.75, 3.05) is 6.61 Å². The lowest BCUT2D eigenvalue weighted by Gasteiger charge is -2.42. The Morgan fingerprint density at radius 3 is 2.50 bits per heavy atom. The molecule has 0 saturated heterocycles. The molecule has 2 aliphatic carbocycles. The van der Waals surface area contributed by atoms with Crippen LogP contribution in [0, 0.1) is 11.3 Å². The van der Waals surface area contributed by atoms with Crippen molar-refractivity contribution in [1.82, 2.24) is 0 Å². The summed E-state index contributed by atoms with van der Waals surface area (Å²) in [4.78, 5) is 24.4. The number of hydrogen-bond donors (Lipinski definition) is 1. The van der Waals surface area contributed by atoms with Gasteiger partial charge in [-0.2, -0.15) is 0 Å². The lowest BCUT2D eigenvalue weighted by molar-refractivity contribution is -0.124. The number of ketones is 1. The van der Waals surface area contributed by atoms with Gasteiger partial charge in [0.05, 0.1) is 6.10 Å². The minimum Gasteiger partial charge on any atom is -0.506 e. The number of aromatic hydroxyl groups is 1. The Balaban J connectivity index is 1.75. The standard InChI is InChI=1S/C24H36O5S/c1-15(25)14-28-17-10-11-21(18(12-17)24(2,3)4)30-22-19(26)13-20(29-23(22)27)16-8-6-5-7-9-16/h13,16-18,21,26H,5-12,14H2,1-4H3. The van der Waals surface area contributed by atoms with Crippen LogP contribution < -0.4 is 5.63 Å². The molecule has 1 N–H and O–H groups in total. The van der Waals surface area contributed by atoms with Gasteiger partial charge < -0.3 is 14.3 Å². The predicted octanol–water partition coefficient (Wildman–Crippen LogP) is 5.67. The number of thioether (sulfide) groups is 1. The minimum atomic E-state index is -0.414.